The van der Waals surface area contributed by atoms with Crippen molar-refractivity contribution < 1.29 is 19.6 Å². The molecule has 2 rings (SSSR count). The Balaban J connectivity index is 2.29. The number of nitro groups is 1. The van der Waals surface area contributed by atoms with Crippen LogP contribution in [0, 0.1) is 10.1 Å². The first-order chi connectivity index (χ1) is 11.0. The van der Waals surface area contributed by atoms with Crippen LogP contribution in [0.2, 0.25) is 0 Å². The molecular weight excluding hydrogens is 298 g/mol. The van der Waals surface area contributed by atoms with E-state index in [1.54, 1.807) is 36.4 Å². The molecule has 1 unspecified atom stereocenters. The minimum atomic E-state index is -0.981. The fourth-order valence-electron chi connectivity index (χ4n) is 2.37. The van der Waals surface area contributed by atoms with Crippen molar-refractivity contribution in [2.45, 2.75) is 19.3 Å². The zero-order valence-corrected chi connectivity index (χ0v) is 12.6. The molecule has 1 atom stereocenters. The minimum Gasteiger partial charge on any atom is -0.494 e. The summed E-state index contributed by atoms with van der Waals surface area (Å²) in [5, 5.41) is 20.3. The number of rotatable bonds is 7. The van der Waals surface area contributed by atoms with Gasteiger partial charge in [0, 0.05) is 12.1 Å². The molecule has 6 heteroatoms. The zero-order chi connectivity index (χ0) is 16.8. The second kappa shape index (κ2) is 7.40. The maximum Gasteiger partial charge on any atom is 0.311 e. The quantitative estimate of drug-likeness (QED) is 0.624. The number of nitrogens with zero attached hydrogens (tertiary/aromatic N) is 1. The number of non-ortho nitro benzene ring substituents is 1. The Morgan fingerprint density at radius 1 is 1.26 bits per heavy atom. The number of carboxylic acid groups (broad SMARTS) is 1. The molecular formula is C17H17NO5. The van der Waals surface area contributed by atoms with Gasteiger partial charge in [0.15, 0.2) is 0 Å². The van der Waals surface area contributed by atoms with Crippen molar-refractivity contribution in [1.82, 2.24) is 0 Å². The average molecular weight is 315 g/mol. The van der Waals surface area contributed by atoms with E-state index >= 15 is 0 Å². The van der Waals surface area contributed by atoms with Crippen LogP contribution in [0.3, 0.4) is 0 Å². The highest BCUT2D eigenvalue weighted by atomic mass is 16.6. The maximum atomic E-state index is 11.6. The van der Waals surface area contributed by atoms with Gasteiger partial charge in [-0.25, -0.2) is 0 Å². The molecule has 0 bridgehead atoms. The average Bonchev–Trinajstić information content (AvgIpc) is 2.53. The van der Waals surface area contributed by atoms with Gasteiger partial charge in [-0.1, -0.05) is 24.3 Å². The highest BCUT2D eigenvalue weighted by molar-refractivity contribution is 5.76. The van der Waals surface area contributed by atoms with Crippen LogP contribution >= 0.6 is 0 Å². The van der Waals surface area contributed by atoms with E-state index in [9.17, 15) is 20.0 Å². The van der Waals surface area contributed by atoms with E-state index in [4.69, 9.17) is 4.74 Å². The fraction of sp³-hybridized carbons (Fsp3) is 0.235. The lowest BCUT2D eigenvalue weighted by Gasteiger charge is -2.14. The Labute approximate surface area is 133 Å². The normalized spacial score (nSPS) is 11.7. The van der Waals surface area contributed by atoms with Crippen LogP contribution in [0.15, 0.2) is 48.5 Å². The first-order valence-electron chi connectivity index (χ1n) is 7.20. The summed E-state index contributed by atoms with van der Waals surface area (Å²) in [7, 11) is 0. The summed E-state index contributed by atoms with van der Waals surface area (Å²) < 4.78 is 5.39. The Hall–Kier alpha value is -2.89. The van der Waals surface area contributed by atoms with Crippen molar-refractivity contribution >= 4 is 11.7 Å². The van der Waals surface area contributed by atoms with Crippen LogP contribution in [-0.4, -0.2) is 22.6 Å². The van der Waals surface area contributed by atoms with Gasteiger partial charge in [0.05, 0.1) is 17.4 Å². The summed E-state index contributed by atoms with van der Waals surface area (Å²) in [6.07, 6.45) is 0.173. The van der Waals surface area contributed by atoms with Crippen LogP contribution in [0.25, 0.3) is 0 Å². The number of carbonyl (C=O) groups is 1. The third-order valence-corrected chi connectivity index (χ3v) is 3.43. The number of hydrogen-bond acceptors (Lipinski definition) is 4. The third kappa shape index (κ3) is 4.29. The molecule has 0 spiro atoms. The highest BCUT2D eigenvalue weighted by Gasteiger charge is 2.21. The van der Waals surface area contributed by atoms with Crippen molar-refractivity contribution in [2.75, 3.05) is 6.61 Å². The predicted octanol–water partition coefficient (Wildman–Crippen LogP) is 3.40. The SMILES string of the molecule is CCOc1cccc(C(Cc2cccc([N+](=O)[O-])c2)C(=O)O)c1. The molecule has 0 aliphatic rings. The van der Waals surface area contributed by atoms with Gasteiger partial charge in [-0.3, -0.25) is 14.9 Å². The molecule has 0 aliphatic carbocycles. The van der Waals surface area contributed by atoms with Gasteiger partial charge < -0.3 is 9.84 Å². The summed E-state index contributed by atoms with van der Waals surface area (Å²) in [5.41, 5.74) is 1.16. The molecule has 0 aliphatic heterocycles. The van der Waals surface area contributed by atoms with Crippen molar-refractivity contribution in [3.05, 3.63) is 69.8 Å². The molecule has 120 valence electrons. The second-order valence-corrected chi connectivity index (χ2v) is 5.03. The van der Waals surface area contributed by atoms with Crippen molar-refractivity contribution in [2.24, 2.45) is 0 Å². The van der Waals surface area contributed by atoms with Gasteiger partial charge in [0.2, 0.25) is 0 Å². The van der Waals surface area contributed by atoms with Crippen LogP contribution in [0.4, 0.5) is 5.69 Å². The molecule has 6 nitrogen and oxygen atoms in total. The topological polar surface area (TPSA) is 89.7 Å². The molecule has 0 amide bonds. The van der Waals surface area contributed by atoms with Crippen molar-refractivity contribution in [3.63, 3.8) is 0 Å². The van der Waals surface area contributed by atoms with E-state index < -0.39 is 16.8 Å². The van der Waals surface area contributed by atoms with Gasteiger partial charge in [-0.05, 0) is 36.6 Å². The van der Waals surface area contributed by atoms with Crippen LogP contribution in [0.1, 0.15) is 24.0 Å². The number of carboxylic acids is 1. The van der Waals surface area contributed by atoms with Crippen LogP contribution in [0.5, 0.6) is 5.75 Å². The number of aliphatic carboxylic acids is 1. The van der Waals surface area contributed by atoms with Crippen LogP contribution < -0.4 is 4.74 Å². The Morgan fingerprint density at radius 2 is 2.00 bits per heavy atom. The molecule has 0 saturated heterocycles. The van der Waals surface area contributed by atoms with Gasteiger partial charge in [-0.2, -0.15) is 0 Å². The molecule has 2 aromatic carbocycles. The molecule has 2 aromatic rings. The number of ether oxygens (including phenoxy) is 1. The molecule has 0 radical (unpaired) electrons. The minimum absolute atomic E-state index is 0.0466. The fourth-order valence-corrected chi connectivity index (χ4v) is 2.37. The summed E-state index contributed by atoms with van der Waals surface area (Å²) in [6.45, 7) is 2.34. The second-order valence-electron chi connectivity index (χ2n) is 5.03. The molecule has 0 heterocycles. The van der Waals surface area contributed by atoms with E-state index in [-0.39, 0.29) is 12.1 Å². The molecule has 0 fully saturated rings. The van der Waals surface area contributed by atoms with Gasteiger partial charge in [-0.15, -0.1) is 0 Å². The van der Waals surface area contributed by atoms with E-state index in [0.717, 1.165) is 0 Å². The molecule has 1 N–H and O–H groups in total. The standard InChI is InChI=1S/C17H17NO5/c1-2-23-15-8-4-6-13(11-15)16(17(19)20)10-12-5-3-7-14(9-12)18(21)22/h3-9,11,16H,2,10H2,1H3,(H,19,20). The van der Waals surface area contributed by atoms with Crippen molar-refractivity contribution in [3.8, 4) is 5.75 Å². The first-order valence-corrected chi connectivity index (χ1v) is 7.20. The summed E-state index contributed by atoms with van der Waals surface area (Å²) >= 11 is 0. The predicted molar refractivity (Wildman–Crippen MR) is 84.8 cm³/mol. The number of benzene rings is 2. The monoisotopic (exact) mass is 315 g/mol. The Kier molecular flexibility index (Phi) is 5.30. The zero-order valence-electron chi connectivity index (χ0n) is 12.6. The van der Waals surface area contributed by atoms with Gasteiger partial charge in [0.1, 0.15) is 5.75 Å². The number of hydrogen-bond donors (Lipinski definition) is 1. The smallest absolute Gasteiger partial charge is 0.311 e. The van der Waals surface area contributed by atoms with E-state index in [1.165, 1.54) is 12.1 Å². The molecule has 23 heavy (non-hydrogen) atoms. The van der Waals surface area contributed by atoms with Gasteiger partial charge in [0.25, 0.3) is 5.69 Å². The van der Waals surface area contributed by atoms with E-state index in [1.807, 2.05) is 6.92 Å². The lowest BCUT2D eigenvalue weighted by atomic mass is 9.92. The van der Waals surface area contributed by atoms with Crippen LogP contribution in [-0.2, 0) is 11.2 Å². The largest absolute Gasteiger partial charge is 0.494 e. The van der Waals surface area contributed by atoms with Gasteiger partial charge >= 0.3 is 5.97 Å². The Bertz CT molecular complexity index is 714. The highest BCUT2D eigenvalue weighted by Crippen LogP contribution is 2.26. The Morgan fingerprint density at radius 3 is 2.65 bits per heavy atom. The first kappa shape index (κ1) is 16.5. The maximum absolute atomic E-state index is 11.6. The van der Waals surface area contributed by atoms with E-state index in [0.29, 0.717) is 23.5 Å². The lowest BCUT2D eigenvalue weighted by Crippen LogP contribution is -2.14. The third-order valence-electron chi connectivity index (χ3n) is 3.43. The molecule has 0 aromatic heterocycles. The summed E-state index contributed by atoms with van der Waals surface area (Å²) in [5.74, 6) is -1.17. The lowest BCUT2D eigenvalue weighted by molar-refractivity contribution is -0.384. The van der Waals surface area contributed by atoms with E-state index in [2.05, 4.69) is 0 Å². The number of nitro benzene ring substituents is 1. The van der Waals surface area contributed by atoms with Crippen molar-refractivity contribution in [1.29, 1.82) is 0 Å². The summed E-state index contributed by atoms with van der Waals surface area (Å²) in [6, 6.07) is 13.0. The summed E-state index contributed by atoms with van der Waals surface area (Å²) in [4.78, 5) is 22.0. The molecule has 0 saturated carbocycles.